The summed E-state index contributed by atoms with van der Waals surface area (Å²) in [5.41, 5.74) is 0.577. The number of hydrogen-bond donors (Lipinski definition) is 1. The number of carboxylic acids is 1. The molecular formula is C12H15NO2. The number of aliphatic carboxylic acids is 1. The Labute approximate surface area is 89.5 Å². The van der Waals surface area contributed by atoms with Crippen LogP contribution in [0, 0.1) is 5.41 Å². The quantitative estimate of drug-likeness (QED) is 0.755. The van der Waals surface area contributed by atoms with Gasteiger partial charge in [0.2, 0.25) is 0 Å². The molecule has 0 radical (unpaired) electrons. The van der Waals surface area contributed by atoms with Crippen LogP contribution in [0.5, 0.6) is 0 Å². The number of nitrogens with zero attached hydrogens (tertiary/aromatic N) is 1. The molecule has 0 saturated heterocycles. The van der Waals surface area contributed by atoms with Gasteiger partial charge in [0.15, 0.2) is 0 Å². The van der Waals surface area contributed by atoms with Gasteiger partial charge in [-0.25, -0.2) is 4.79 Å². The number of hydrogen-bond acceptors (Lipinski definition) is 2. The second-order valence-corrected chi connectivity index (χ2v) is 4.44. The van der Waals surface area contributed by atoms with E-state index in [0.29, 0.717) is 5.69 Å². The fourth-order valence-corrected chi connectivity index (χ4v) is 1.20. The zero-order valence-corrected chi connectivity index (χ0v) is 9.19. The topological polar surface area (TPSA) is 50.2 Å². The van der Waals surface area contributed by atoms with Gasteiger partial charge in [0, 0.05) is 6.20 Å². The fourth-order valence-electron chi connectivity index (χ4n) is 1.20. The van der Waals surface area contributed by atoms with Crippen molar-refractivity contribution in [1.82, 2.24) is 4.98 Å². The van der Waals surface area contributed by atoms with E-state index >= 15 is 0 Å². The van der Waals surface area contributed by atoms with Crippen LogP contribution in [-0.2, 0) is 4.79 Å². The smallest absolute Gasteiger partial charge is 0.337 e. The average Bonchev–Trinajstić information content (AvgIpc) is 2.14. The fraction of sp³-hybridized carbons (Fsp3) is 0.333. The van der Waals surface area contributed by atoms with Gasteiger partial charge in [0.1, 0.15) is 0 Å². The summed E-state index contributed by atoms with van der Waals surface area (Å²) in [6, 6.07) is 5.24. The molecule has 0 fully saturated rings. The molecule has 0 aliphatic rings. The van der Waals surface area contributed by atoms with E-state index in [1.54, 1.807) is 30.5 Å². The molecule has 0 amide bonds. The van der Waals surface area contributed by atoms with Crippen molar-refractivity contribution < 1.29 is 9.90 Å². The molecule has 0 spiro atoms. The third kappa shape index (κ3) is 3.54. The Morgan fingerprint density at radius 2 is 2.07 bits per heavy atom. The van der Waals surface area contributed by atoms with Crippen molar-refractivity contribution in [2.75, 3.05) is 0 Å². The highest BCUT2D eigenvalue weighted by Gasteiger charge is 2.16. The maximum absolute atomic E-state index is 11.1. The van der Waals surface area contributed by atoms with E-state index in [-0.39, 0.29) is 11.0 Å². The summed E-state index contributed by atoms with van der Waals surface area (Å²) in [7, 11) is 0. The largest absolute Gasteiger partial charge is 0.478 e. The third-order valence-corrected chi connectivity index (χ3v) is 1.75. The Hall–Kier alpha value is -1.64. The predicted molar refractivity (Wildman–Crippen MR) is 59.3 cm³/mol. The van der Waals surface area contributed by atoms with Crippen LogP contribution < -0.4 is 0 Å². The van der Waals surface area contributed by atoms with Crippen LogP contribution in [0.2, 0.25) is 0 Å². The monoisotopic (exact) mass is 205 g/mol. The zero-order chi connectivity index (χ0) is 11.5. The van der Waals surface area contributed by atoms with Gasteiger partial charge in [-0.2, -0.15) is 0 Å². The van der Waals surface area contributed by atoms with Gasteiger partial charge in [0.05, 0.1) is 11.3 Å². The lowest BCUT2D eigenvalue weighted by Gasteiger charge is -2.13. The third-order valence-electron chi connectivity index (χ3n) is 1.75. The molecule has 3 nitrogen and oxygen atoms in total. The lowest BCUT2D eigenvalue weighted by atomic mass is 9.92. The predicted octanol–water partition coefficient (Wildman–Crippen LogP) is 2.60. The van der Waals surface area contributed by atoms with E-state index in [9.17, 15) is 4.79 Å². The minimum Gasteiger partial charge on any atom is -0.478 e. The van der Waals surface area contributed by atoms with Gasteiger partial charge in [-0.1, -0.05) is 32.9 Å². The molecule has 1 heterocycles. The van der Waals surface area contributed by atoms with Crippen LogP contribution >= 0.6 is 0 Å². The van der Waals surface area contributed by atoms with Crippen LogP contribution in [0.15, 0.2) is 30.5 Å². The van der Waals surface area contributed by atoms with E-state index in [1.807, 2.05) is 20.8 Å². The van der Waals surface area contributed by atoms with Crippen LogP contribution in [0.4, 0.5) is 0 Å². The molecule has 1 aromatic rings. The molecule has 15 heavy (non-hydrogen) atoms. The number of rotatable bonds is 2. The highest BCUT2D eigenvalue weighted by atomic mass is 16.4. The van der Waals surface area contributed by atoms with Crippen molar-refractivity contribution in [3.8, 4) is 0 Å². The van der Waals surface area contributed by atoms with Crippen LogP contribution in [-0.4, -0.2) is 16.1 Å². The van der Waals surface area contributed by atoms with Crippen LogP contribution in [0.3, 0.4) is 0 Å². The molecular weight excluding hydrogens is 190 g/mol. The normalized spacial score (nSPS) is 12.6. The number of pyridine rings is 1. The minimum atomic E-state index is -0.941. The maximum Gasteiger partial charge on any atom is 0.337 e. The van der Waals surface area contributed by atoms with E-state index in [2.05, 4.69) is 4.98 Å². The highest BCUT2D eigenvalue weighted by molar-refractivity contribution is 6.14. The first kappa shape index (κ1) is 11.4. The number of aromatic nitrogens is 1. The Balaban J connectivity index is 3.16. The van der Waals surface area contributed by atoms with Crippen molar-refractivity contribution in [1.29, 1.82) is 0 Å². The molecule has 0 aromatic carbocycles. The Kier molecular flexibility index (Phi) is 3.24. The number of carbonyl (C=O) groups is 1. The van der Waals surface area contributed by atoms with Gasteiger partial charge in [-0.3, -0.25) is 4.98 Å². The maximum atomic E-state index is 11.1. The molecule has 0 atom stereocenters. The van der Waals surface area contributed by atoms with Crippen molar-refractivity contribution in [3.63, 3.8) is 0 Å². The SMILES string of the molecule is CC(C)(C)C=C(C(=O)O)c1ccccn1. The first-order chi connectivity index (χ1) is 6.90. The van der Waals surface area contributed by atoms with Crippen LogP contribution in [0.25, 0.3) is 5.57 Å². The number of allylic oxidation sites excluding steroid dienone is 1. The Bertz CT molecular complexity index is 374. The average molecular weight is 205 g/mol. The van der Waals surface area contributed by atoms with Crippen molar-refractivity contribution in [2.24, 2.45) is 5.41 Å². The van der Waals surface area contributed by atoms with Crippen molar-refractivity contribution in [2.45, 2.75) is 20.8 Å². The minimum absolute atomic E-state index is 0.175. The second-order valence-electron chi connectivity index (χ2n) is 4.44. The molecule has 3 heteroatoms. The molecule has 1 N–H and O–H groups in total. The molecule has 0 saturated carbocycles. The molecule has 1 aromatic heterocycles. The molecule has 0 aliphatic carbocycles. The molecule has 0 aliphatic heterocycles. The molecule has 0 unspecified atom stereocenters. The first-order valence-electron chi connectivity index (χ1n) is 4.78. The van der Waals surface area contributed by atoms with Crippen molar-refractivity contribution >= 4 is 11.5 Å². The number of carboxylic acid groups (broad SMARTS) is 1. The summed E-state index contributed by atoms with van der Waals surface area (Å²) in [6.45, 7) is 5.87. The summed E-state index contributed by atoms with van der Waals surface area (Å²) in [5.74, 6) is -0.941. The van der Waals surface area contributed by atoms with E-state index in [1.165, 1.54) is 0 Å². The molecule has 80 valence electrons. The Morgan fingerprint density at radius 1 is 1.40 bits per heavy atom. The first-order valence-corrected chi connectivity index (χ1v) is 4.78. The summed E-state index contributed by atoms with van der Waals surface area (Å²) in [5, 5.41) is 9.08. The van der Waals surface area contributed by atoms with Gasteiger partial charge >= 0.3 is 5.97 Å². The van der Waals surface area contributed by atoms with Gasteiger partial charge in [-0.15, -0.1) is 0 Å². The summed E-state index contributed by atoms with van der Waals surface area (Å²) in [4.78, 5) is 15.1. The Morgan fingerprint density at radius 3 is 2.47 bits per heavy atom. The van der Waals surface area contributed by atoms with Gasteiger partial charge in [-0.05, 0) is 17.5 Å². The standard InChI is InChI=1S/C12H15NO2/c1-12(2,3)8-9(11(14)15)10-6-4-5-7-13-10/h4-8H,1-3H3,(H,14,15). The lowest BCUT2D eigenvalue weighted by molar-refractivity contribution is -0.130. The van der Waals surface area contributed by atoms with Crippen LogP contribution in [0.1, 0.15) is 26.5 Å². The van der Waals surface area contributed by atoms with Crippen molar-refractivity contribution in [3.05, 3.63) is 36.2 Å². The summed E-state index contributed by atoms with van der Waals surface area (Å²) in [6.07, 6.45) is 3.31. The molecule has 1 rings (SSSR count). The lowest BCUT2D eigenvalue weighted by Crippen LogP contribution is -2.08. The van der Waals surface area contributed by atoms with Gasteiger partial charge < -0.3 is 5.11 Å². The van der Waals surface area contributed by atoms with E-state index in [0.717, 1.165) is 0 Å². The second kappa shape index (κ2) is 4.26. The summed E-state index contributed by atoms with van der Waals surface area (Å²) < 4.78 is 0. The van der Waals surface area contributed by atoms with E-state index < -0.39 is 5.97 Å². The van der Waals surface area contributed by atoms with E-state index in [4.69, 9.17) is 5.11 Å². The summed E-state index contributed by atoms with van der Waals surface area (Å²) >= 11 is 0. The van der Waals surface area contributed by atoms with Gasteiger partial charge in [0.25, 0.3) is 0 Å². The highest BCUT2D eigenvalue weighted by Crippen LogP contribution is 2.22. The molecule has 0 bridgehead atoms. The zero-order valence-electron chi connectivity index (χ0n) is 9.19.